The van der Waals surface area contributed by atoms with Crippen LogP contribution >= 0.6 is 27.3 Å². The number of aromatic nitrogens is 1. The van der Waals surface area contributed by atoms with E-state index >= 15 is 0 Å². The molecule has 0 bridgehead atoms. The van der Waals surface area contributed by atoms with Crippen molar-refractivity contribution in [3.05, 3.63) is 32.6 Å². The molecular weight excluding hydrogens is 378 g/mol. The second-order valence-corrected chi connectivity index (χ2v) is 8.47. The summed E-state index contributed by atoms with van der Waals surface area (Å²) >= 11 is 4.69. The standard InChI is InChI=1S/C12H16BrN3O3S2/c1-3-8-5-15-11(19-8)7-16-21(17,18)10-4-9(6-14-2)20-12(10)13/h4-5,14,16H,3,6-7H2,1-2H3. The third-order valence-electron chi connectivity index (χ3n) is 2.71. The Bertz CT molecular complexity index is 709. The van der Waals surface area contributed by atoms with Gasteiger partial charge in [0, 0.05) is 17.8 Å². The monoisotopic (exact) mass is 393 g/mol. The largest absolute Gasteiger partial charge is 0.444 e. The van der Waals surface area contributed by atoms with Gasteiger partial charge in [0.15, 0.2) is 0 Å². The maximum atomic E-state index is 12.3. The molecule has 2 heterocycles. The molecule has 2 rings (SSSR count). The fourth-order valence-electron chi connectivity index (χ4n) is 1.67. The van der Waals surface area contributed by atoms with Gasteiger partial charge in [0.05, 0.1) is 16.5 Å². The molecule has 0 atom stereocenters. The summed E-state index contributed by atoms with van der Waals surface area (Å²) in [5.41, 5.74) is 0. The van der Waals surface area contributed by atoms with Crippen molar-refractivity contribution in [2.75, 3.05) is 7.05 Å². The van der Waals surface area contributed by atoms with Crippen LogP contribution < -0.4 is 10.0 Å². The molecule has 2 aromatic rings. The van der Waals surface area contributed by atoms with Crippen LogP contribution in [0.3, 0.4) is 0 Å². The summed E-state index contributed by atoms with van der Waals surface area (Å²) in [5, 5.41) is 2.99. The van der Waals surface area contributed by atoms with Crippen molar-refractivity contribution in [2.45, 2.75) is 31.3 Å². The molecule has 9 heteroatoms. The Morgan fingerprint density at radius 1 is 1.43 bits per heavy atom. The van der Waals surface area contributed by atoms with Gasteiger partial charge in [0.1, 0.15) is 10.7 Å². The van der Waals surface area contributed by atoms with Crippen molar-refractivity contribution in [1.82, 2.24) is 15.0 Å². The normalized spacial score (nSPS) is 12.0. The predicted molar refractivity (Wildman–Crippen MR) is 84.7 cm³/mol. The topological polar surface area (TPSA) is 84.2 Å². The molecule has 0 unspecified atom stereocenters. The summed E-state index contributed by atoms with van der Waals surface area (Å²) in [6.45, 7) is 2.60. The average molecular weight is 394 g/mol. The van der Waals surface area contributed by atoms with E-state index in [1.54, 1.807) is 12.3 Å². The van der Waals surface area contributed by atoms with Gasteiger partial charge in [-0.25, -0.2) is 18.1 Å². The molecular formula is C12H16BrN3O3S2. The number of aryl methyl sites for hydroxylation is 1. The number of nitrogens with zero attached hydrogens (tertiary/aromatic N) is 1. The smallest absolute Gasteiger partial charge is 0.243 e. The molecule has 0 saturated heterocycles. The minimum absolute atomic E-state index is 0.0337. The van der Waals surface area contributed by atoms with Gasteiger partial charge >= 0.3 is 0 Å². The Hall–Kier alpha value is -0.740. The predicted octanol–water partition coefficient (Wildman–Crippen LogP) is 2.26. The highest BCUT2D eigenvalue weighted by Crippen LogP contribution is 2.31. The van der Waals surface area contributed by atoms with E-state index in [-0.39, 0.29) is 11.4 Å². The molecule has 0 spiro atoms. The van der Waals surface area contributed by atoms with E-state index in [2.05, 4.69) is 31.0 Å². The van der Waals surface area contributed by atoms with Crippen LogP contribution in [0.4, 0.5) is 0 Å². The zero-order chi connectivity index (χ0) is 15.5. The molecule has 6 nitrogen and oxygen atoms in total. The van der Waals surface area contributed by atoms with Crippen LogP contribution in [-0.4, -0.2) is 20.4 Å². The number of thiophene rings is 1. The Morgan fingerprint density at radius 3 is 2.81 bits per heavy atom. The highest BCUT2D eigenvalue weighted by Gasteiger charge is 2.21. The molecule has 0 aliphatic carbocycles. The van der Waals surface area contributed by atoms with E-state index in [9.17, 15) is 8.42 Å². The van der Waals surface area contributed by atoms with Crippen LogP contribution in [0.5, 0.6) is 0 Å². The van der Waals surface area contributed by atoms with Crippen LogP contribution in [0.15, 0.2) is 25.4 Å². The van der Waals surface area contributed by atoms with Crippen LogP contribution in [0.1, 0.15) is 23.5 Å². The first-order chi connectivity index (χ1) is 9.96. The second-order valence-electron chi connectivity index (χ2n) is 4.28. The molecule has 21 heavy (non-hydrogen) atoms. The summed E-state index contributed by atoms with van der Waals surface area (Å²) in [6, 6.07) is 1.65. The van der Waals surface area contributed by atoms with E-state index in [4.69, 9.17) is 4.42 Å². The average Bonchev–Trinajstić information content (AvgIpc) is 3.04. The van der Waals surface area contributed by atoms with Gasteiger partial charge in [-0.2, -0.15) is 0 Å². The number of hydrogen-bond acceptors (Lipinski definition) is 6. The second kappa shape index (κ2) is 7.01. The lowest BCUT2D eigenvalue weighted by Gasteiger charge is -2.03. The Balaban J connectivity index is 2.10. The third kappa shape index (κ3) is 4.13. The molecule has 0 saturated carbocycles. The SMILES string of the molecule is CCc1cnc(CNS(=O)(=O)c2cc(CNC)sc2Br)o1. The van der Waals surface area contributed by atoms with Crippen LogP contribution in [-0.2, 0) is 29.5 Å². The number of sulfonamides is 1. The molecule has 0 amide bonds. The quantitative estimate of drug-likeness (QED) is 0.753. The zero-order valence-electron chi connectivity index (χ0n) is 11.6. The lowest BCUT2D eigenvalue weighted by molar-refractivity contribution is 0.452. The first-order valence-electron chi connectivity index (χ1n) is 6.32. The highest BCUT2D eigenvalue weighted by atomic mass is 79.9. The van der Waals surface area contributed by atoms with E-state index in [0.717, 1.165) is 17.1 Å². The fourth-order valence-corrected chi connectivity index (χ4v) is 5.34. The van der Waals surface area contributed by atoms with E-state index < -0.39 is 10.0 Å². The van der Waals surface area contributed by atoms with Gasteiger partial charge in [-0.15, -0.1) is 11.3 Å². The summed E-state index contributed by atoms with van der Waals surface area (Å²) in [6.07, 6.45) is 2.33. The first-order valence-corrected chi connectivity index (χ1v) is 9.41. The van der Waals surface area contributed by atoms with Gasteiger partial charge in [-0.1, -0.05) is 6.92 Å². The molecule has 0 fully saturated rings. The lowest BCUT2D eigenvalue weighted by atomic mass is 10.4. The van der Waals surface area contributed by atoms with E-state index in [0.29, 0.717) is 16.2 Å². The molecule has 0 aromatic carbocycles. The van der Waals surface area contributed by atoms with E-state index in [1.807, 2.05) is 14.0 Å². The fraction of sp³-hybridized carbons (Fsp3) is 0.417. The third-order valence-corrected chi connectivity index (χ3v) is 6.36. The van der Waals surface area contributed by atoms with Crippen molar-refractivity contribution in [3.8, 4) is 0 Å². The molecule has 0 aliphatic rings. The zero-order valence-corrected chi connectivity index (χ0v) is 14.9. The number of halogens is 1. The van der Waals surface area contributed by atoms with Crippen LogP contribution in [0.25, 0.3) is 0 Å². The van der Waals surface area contributed by atoms with E-state index in [1.165, 1.54) is 11.3 Å². The number of oxazole rings is 1. The van der Waals surface area contributed by atoms with Crippen molar-refractivity contribution >= 4 is 37.3 Å². The summed E-state index contributed by atoms with van der Waals surface area (Å²) in [7, 11) is -1.78. The highest BCUT2D eigenvalue weighted by molar-refractivity contribution is 9.11. The minimum atomic E-state index is -3.60. The van der Waals surface area contributed by atoms with Crippen LogP contribution in [0.2, 0.25) is 0 Å². The van der Waals surface area contributed by atoms with Gasteiger partial charge in [-0.3, -0.25) is 0 Å². The Labute approximate surface area is 136 Å². The number of hydrogen-bond donors (Lipinski definition) is 2. The Morgan fingerprint density at radius 2 is 2.19 bits per heavy atom. The first kappa shape index (κ1) is 16.6. The van der Waals surface area contributed by atoms with Gasteiger partial charge in [-0.05, 0) is 29.0 Å². The van der Waals surface area contributed by atoms with Crippen molar-refractivity contribution in [2.24, 2.45) is 0 Å². The minimum Gasteiger partial charge on any atom is -0.444 e. The van der Waals surface area contributed by atoms with Crippen molar-refractivity contribution < 1.29 is 12.8 Å². The number of nitrogens with one attached hydrogen (secondary N) is 2. The molecule has 0 aliphatic heterocycles. The van der Waals surface area contributed by atoms with Crippen molar-refractivity contribution in [1.29, 1.82) is 0 Å². The van der Waals surface area contributed by atoms with Crippen LogP contribution in [0, 0.1) is 0 Å². The molecule has 0 radical (unpaired) electrons. The van der Waals surface area contributed by atoms with Gasteiger partial charge in [0.2, 0.25) is 15.9 Å². The molecule has 2 N–H and O–H groups in total. The van der Waals surface area contributed by atoms with Crippen molar-refractivity contribution in [3.63, 3.8) is 0 Å². The molecule has 2 aromatic heterocycles. The molecule has 116 valence electrons. The summed E-state index contributed by atoms with van der Waals surface area (Å²) < 4.78 is 33.1. The maximum absolute atomic E-state index is 12.3. The summed E-state index contributed by atoms with van der Waals surface area (Å²) in [5.74, 6) is 1.09. The van der Waals surface area contributed by atoms with Gasteiger partial charge < -0.3 is 9.73 Å². The van der Waals surface area contributed by atoms with Gasteiger partial charge in [0.25, 0.3) is 0 Å². The Kier molecular flexibility index (Phi) is 5.55. The lowest BCUT2D eigenvalue weighted by Crippen LogP contribution is -2.23. The summed E-state index contributed by atoms with van der Waals surface area (Å²) in [4.78, 5) is 5.20. The number of rotatable bonds is 7. The maximum Gasteiger partial charge on any atom is 0.243 e.